The number of rotatable bonds is 3. The van der Waals surface area contributed by atoms with Crippen molar-refractivity contribution in [2.24, 2.45) is 0 Å². The largest absolute Gasteiger partial charge is 0.298 e. The third kappa shape index (κ3) is 2.87. The molecule has 18 heavy (non-hydrogen) atoms. The molecule has 1 heterocycles. The number of hydrogen-bond donors (Lipinski definition) is 1. The fraction of sp³-hybridized carbons (Fsp3) is 0.933. The molecule has 0 radical (unpaired) electrons. The first-order valence-corrected chi connectivity index (χ1v) is 7.51. The minimum atomic E-state index is -0.278. The van der Waals surface area contributed by atoms with E-state index in [1.165, 1.54) is 32.2 Å². The second kappa shape index (κ2) is 5.59. The smallest absolute Gasteiger partial charge is 0.108 e. The van der Waals surface area contributed by atoms with E-state index in [9.17, 15) is 5.26 Å². The van der Waals surface area contributed by atoms with Gasteiger partial charge >= 0.3 is 0 Å². The van der Waals surface area contributed by atoms with Gasteiger partial charge in [0.05, 0.1) is 6.07 Å². The van der Waals surface area contributed by atoms with Gasteiger partial charge in [0.2, 0.25) is 0 Å². The molecule has 2 fully saturated rings. The molecule has 102 valence electrons. The Morgan fingerprint density at radius 2 is 2.11 bits per heavy atom. The Bertz CT molecular complexity index is 320. The zero-order chi connectivity index (χ0) is 13.2. The van der Waals surface area contributed by atoms with Crippen molar-refractivity contribution in [3.05, 3.63) is 0 Å². The topological polar surface area (TPSA) is 39.1 Å². The van der Waals surface area contributed by atoms with Crippen LogP contribution in [0.4, 0.5) is 0 Å². The van der Waals surface area contributed by atoms with Gasteiger partial charge < -0.3 is 0 Å². The van der Waals surface area contributed by atoms with Crippen molar-refractivity contribution in [1.29, 1.82) is 5.26 Å². The molecule has 2 aliphatic rings. The van der Waals surface area contributed by atoms with Crippen LogP contribution < -0.4 is 5.32 Å². The fourth-order valence-electron chi connectivity index (χ4n) is 3.84. The Morgan fingerprint density at radius 1 is 1.33 bits per heavy atom. The molecule has 1 N–H and O–H groups in total. The molecule has 3 heteroatoms. The number of nitrogens with one attached hydrogen (secondary N) is 1. The van der Waals surface area contributed by atoms with Crippen molar-refractivity contribution in [2.75, 3.05) is 6.54 Å². The minimum absolute atomic E-state index is 0.278. The second-order valence-corrected chi connectivity index (χ2v) is 6.47. The van der Waals surface area contributed by atoms with E-state index < -0.39 is 0 Å². The second-order valence-electron chi connectivity index (χ2n) is 6.47. The first kappa shape index (κ1) is 13.8. The lowest BCUT2D eigenvalue weighted by Crippen LogP contribution is -2.55. The quantitative estimate of drug-likeness (QED) is 0.836. The maximum Gasteiger partial charge on any atom is 0.108 e. The molecule has 0 bridgehead atoms. The molecule has 1 aliphatic heterocycles. The van der Waals surface area contributed by atoms with Crippen molar-refractivity contribution in [1.82, 2.24) is 10.2 Å². The zero-order valence-corrected chi connectivity index (χ0v) is 12.1. The van der Waals surface area contributed by atoms with Crippen LogP contribution in [-0.4, -0.2) is 35.1 Å². The lowest BCUT2D eigenvalue weighted by atomic mass is 9.78. The monoisotopic (exact) mass is 249 g/mol. The summed E-state index contributed by atoms with van der Waals surface area (Å²) >= 11 is 0. The zero-order valence-electron chi connectivity index (χ0n) is 12.1. The van der Waals surface area contributed by atoms with Crippen LogP contribution in [0, 0.1) is 11.3 Å². The van der Waals surface area contributed by atoms with Crippen LogP contribution in [0.15, 0.2) is 0 Å². The molecule has 3 nitrogen and oxygen atoms in total. The summed E-state index contributed by atoms with van der Waals surface area (Å²) in [6, 6.07) is 4.29. The summed E-state index contributed by atoms with van der Waals surface area (Å²) in [6.07, 6.45) is 7.13. The summed E-state index contributed by atoms with van der Waals surface area (Å²) in [5, 5.41) is 13.1. The van der Waals surface area contributed by atoms with Crippen molar-refractivity contribution < 1.29 is 0 Å². The van der Waals surface area contributed by atoms with Gasteiger partial charge in [-0.05, 0) is 65.8 Å². The van der Waals surface area contributed by atoms with Gasteiger partial charge in [0.25, 0.3) is 0 Å². The van der Waals surface area contributed by atoms with Crippen molar-refractivity contribution >= 4 is 0 Å². The van der Waals surface area contributed by atoms with Gasteiger partial charge in [-0.2, -0.15) is 5.26 Å². The Balaban J connectivity index is 2.05. The number of nitrogens with zero attached hydrogens (tertiary/aromatic N) is 2. The van der Waals surface area contributed by atoms with Crippen molar-refractivity contribution in [3.8, 4) is 6.07 Å². The Morgan fingerprint density at radius 3 is 2.67 bits per heavy atom. The van der Waals surface area contributed by atoms with Crippen LogP contribution >= 0.6 is 0 Å². The van der Waals surface area contributed by atoms with E-state index >= 15 is 0 Å². The maximum atomic E-state index is 9.59. The molecular weight excluding hydrogens is 222 g/mol. The lowest BCUT2D eigenvalue weighted by Gasteiger charge is -2.42. The average Bonchev–Trinajstić information content (AvgIpc) is 2.75. The van der Waals surface area contributed by atoms with Gasteiger partial charge in [0.15, 0.2) is 0 Å². The molecule has 2 rings (SSSR count). The van der Waals surface area contributed by atoms with Gasteiger partial charge in [-0.1, -0.05) is 0 Å². The van der Waals surface area contributed by atoms with E-state index in [-0.39, 0.29) is 5.54 Å². The van der Waals surface area contributed by atoms with Crippen molar-refractivity contribution in [3.63, 3.8) is 0 Å². The summed E-state index contributed by atoms with van der Waals surface area (Å²) in [4.78, 5) is 2.65. The van der Waals surface area contributed by atoms with Gasteiger partial charge in [0, 0.05) is 18.1 Å². The predicted octanol–water partition coefficient (Wildman–Crippen LogP) is 2.67. The molecule has 0 amide bonds. The average molecular weight is 249 g/mol. The van der Waals surface area contributed by atoms with E-state index in [4.69, 9.17) is 0 Å². The molecule has 0 aromatic carbocycles. The summed E-state index contributed by atoms with van der Waals surface area (Å²) in [5.74, 6) is 0. The van der Waals surface area contributed by atoms with E-state index in [0.717, 1.165) is 12.8 Å². The van der Waals surface area contributed by atoms with Crippen LogP contribution in [-0.2, 0) is 0 Å². The van der Waals surface area contributed by atoms with E-state index in [0.29, 0.717) is 18.1 Å². The van der Waals surface area contributed by atoms with E-state index in [1.54, 1.807) is 0 Å². The molecule has 0 aromatic rings. The SMILES string of the molecule is CC(C)NC1(C#N)CCCC(N2CCCC2C)C1. The highest BCUT2D eigenvalue weighted by Crippen LogP contribution is 2.34. The fourth-order valence-corrected chi connectivity index (χ4v) is 3.84. The molecule has 1 saturated heterocycles. The first-order valence-electron chi connectivity index (χ1n) is 7.51. The Hall–Kier alpha value is -0.590. The first-order chi connectivity index (χ1) is 8.56. The third-order valence-electron chi connectivity index (χ3n) is 4.58. The van der Waals surface area contributed by atoms with Gasteiger partial charge in [-0.15, -0.1) is 0 Å². The summed E-state index contributed by atoms with van der Waals surface area (Å²) in [6.45, 7) is 7.85. The van der Waals surface area contributed by atoms with E-state index in [1.807, 2.05) is 0 Å². The molecule has 3 atom stereocenters. The summed E-state index contributed by atoms with van der Waals surface area (Å²) in [5.41, 5.74) is -0.278. The molecule has 3 unspecified atom stereocenters. The van der Waals surface area contributed by atoms with E-state index in [2.05, 4.69) is 37.1 Å². The number of hydrogen-bond acceptors (Lipinski definition) is 3. The molecule has 0 spiro atoms. The van der Waals surface area contributed by atoms with Crippen LogP contribution in [0.5, 0.6) is 0 Å². The molecule has 1 aliphatic carbocycles. The maximum absolute atomic E-state index is 9.59. The summed E-state index contributed by atoms with van der Waals surface area (Å²) < 4.78 is 0. The Kier molecular flexibility index (Phi) is 4.29. The van der Waals surface area contributed by atoms with Gasteiger partial charge in [0.1, 0.15) is 5.54 Å². The van der Waals surface area contributed by atoms with Crippen LogP contribution in [0.1, 0.15) is 59.3 Å². The highest BCUT2D eigenvalue weighted by Gasteiger charge is 2.40. The highest BCUT2D eigenvalue weighted by atomic mass is 15.2. The summed E-state index contributed by atoms with van der Waals surface area (Å²) in [7, 11) is 0. The molecular formula is C15H27N3. The third-order valence-corrected chi connectivity index (χ3v) is 4.58. The number of likely N-dealkylation sites (tertiary alicyclic amines) is 1. The van der Waals surface area contributed by atoms with Crippen molar-refractivity contribution in [2.45, 2.75) is 83.0 Å². The van der Waals surface area contributed by atoms with Crippen LogP contribution in [0.25, 0.3) is 0 Å². The molecule has 1 saturated carbocycles. The lowest BCUT2D eigenvalue weighted by molar-refractivity contribution is 0.111. The Labute approximate surface area is 112 Å². The van der Waals surface area contributed by atoms with Gasteiger partial charge in [-0.3, -0.25) is 10.2 Å². The van der Waals surface area contributed by atoms with Gasteiger partial charge in [-0.25, -0.2) is 0 Å². The number of nitriles is 1. The minimum Gasteiger partial charge on any atom is -0.298 e. The molecule has 0 aromatic heterocycles. The standard InChI is InChI=1S/C15H27N3/c1-12(2)17-15(11-16)8-4-7-14(10-15)18-9-5-6-13(18)3/h12-14,17H,4-10H2,1-3H3. The van der Waals surface area contributed by atoms with Crippen LogP contribution in [0.2, 0.25) is 0 Å². The highest BCUT2D eigenvalue weighted by molar-refractivity contribution is 5.12. The normalized spacial score (nSPS) is 37.9. The van der Waals surface area contributed by atoms with Crippen LogP contribution in [0.3, 0.4) is 0 Å². The predicted molar refractivity (Wildman–Crippen MR) is 74.3 cm³/mol.